The van der Waals surface area contributed by atoms with Gasteiger partial charge in [0.15, 0.2) is 0 Å². The number of fused-ring (bicyclic) bond motifs is 1. The zero-order valence-electron chi connectivity index (χ0n) is 11.6. The normalized spacial score (nSPS) is 12.7. The SMILES string of the molecule is Cc1nc(CC(NN)c2ccc(F)c3ccccc23)cs1. The Labute approximate surface area is 126 Å². The minimum atomic E-state index is -0.213. The van der Waals surface area contributed by atoms with E-state index in [4.69, 9.17) is 5.84 Å². The first kappa shape index (κ1) is 14.1. The molecule has 3 aromatic rings. The van der Waals surface area contributed by atoms with Crippen molar-refractivity contribution < 1.29 is 4.39 Å². The Morgan fingerprint density at radius 1 is 1.24 bits per heavy atom. The van der Waals surface area contributed by atoms with Crippen molar-refractivity contribution in [2.75, 3.05) is 0 Å². The summed E-state index contributed by atoms with van der Waals surface area (Å²) in [6, 6.07) is 10.6. The highest BCUT2D eigenvalue weighted by Gasteiger charge is 2.16. The summed E-state index contributed by atoms with van der Waals surface area (Å²) in [6.07, 6.45) is 0.677. The molecule has 0 spiro atoms. The van der Waals surface area contributed by atoms with Crippen LogP contribution in [0, 0.1) is 12.7 Å². The molecule has 3 rings (SSSR count). The number of benzene rings is 2. The van der Waals surface area contributed by atoms with Crippen molar-refractivity contribution in [3.63, 3.8) is 0 Å². The molecule has 2 aromatic carbocycles. The second-order valence-corrected chi connectivity index (χ2v) is 6.03. The number of hydrazine groups is 1. The van der Waals surface area contributed by atoms with Crippen molar-refractivity contribution in [1.29, 1.82) is 0 Å². The molecule has 1 atom stereocenters. The quantitative estimate of drug-likeness (QED) is 0.573. The fourth-order valence-corrected chi connectivity index (χ4v) is 3.18. The van der Waals surface area contributed by atoms with E-state index < -0.39 is 0 Å². The van der Waals surface area contributed by atoms with E-state index in [1.54, 1.807) is 23.5 Å². The predicted molar refractivity (Wildman–Crippen MR) is 84.5 cm³/mol. The Hall–Kier alpha value is -1.82. The highest BCUT2D eigenvalue weighted by Crippen LogP contribution is 2.28. The fraction of sp³-hybridized carbons (Fsp3) is 0.188. The number of aromatic nitrogens is 1. The highest BCUT2D eigenvalue weighted by atomic mass is 32.1. The molecule has 0 aliphatic heterocycles. The van der Waals surface area contributed by atoms with Gasteiger partial charge in [-0.2, -0.15) is 0 Å². The van der Waals surface area contributed by atoms with Crippen LogP contribution in [-0.4, -0.2) is 4.98 Å². The molecule has 3 nitrogen and oxygen atoms in total. The van der Waals surface area contributed by atoms with Crippen LogP contribution in [0.5, 0.6) is 0 Å². The second kappa shape index (κ2) is 5.89. The molecule has 1 aromatic heterocycles. The van der Waals surface area contributed by atoms with Crippen LogP contribution >= 0.6 is 11.3 Å². The zero-order chi connectivity index (χ0) is 14.8. The number of hydrogen-bond acceptors (Lipinski definition) is 4. The van der Waals surface area contributed by atoms with E-state index >= 15 is 0 Å². The van der Waals surface area contributed by atoms with Gasteiger partial charge in [-0.05, 0) is 23.9 Å². The van der Waals surface area contributed by atoms with E-state index in [1.165, 1.54) is 6.07 Å². The number of rotatable bonds is 4. The Morgan fingerprint density at radius 2 is 2.00 bits per heavy atom. The average Bonchev–Trinajstić information content (AvgIpc) is 2.91. The third-order valence-corrected chi connectivity index (χ3v) is 4.38. The first-order valence-corrected chi connectivity index (χ1v) is 7.61. The largest absolute Gasteiger partial charge is 0.271 e. The Morgan fingerprint density at radius 3 is 2.67 bits per heavy atom. The van der Waals surface area contributed by atoms with Gasteiger partial charge in [-0.15, -0.1) is 11.3 Å². The van der Waals surface area contributed by atoms with Crippen LogP contribution in [0.3, 0.4) is 0 Å². The van der Waals surface area contributed by atoms with Crippen molar-refractivity contribution >= 4 is 22.1 Å². The monoisotopic (exact) mass is 301 g/mol. The zero-order valence-corrected chi connectivity index (χ0v) is 12.5. The smallest absolute Gasteiger partial charge is 0.131 e. The molecule has 0 amide bonds. The van der Waals surface area contributed by atoms with Crippen LogP contribution in [0.2, 0.25) is 0 Å². The van der Waals surface area contributed by atoms with Gasteiger partial charge >= 0.3 is 0 Å². The van der Waals surface area contributed by atoms with Gasteiger partial charge < -0.3 is 0 Å². The van der Waals surface area contributed by atoms with Crippen LogP contribution in [0.25, 0.3) is 10.8 Å². The summed E-state index contributed by atoms with van der Waals surface area (Å²) in [4.78, 5) is 4.47. The maximum Gasteiger partial charge on any atom is 0.131 e. The number of nitrogens with one attached hydrogen (secondary N) is 1. The van der Waals surface area contributed by atoms with E-state index in [0.717, 1.165) is 21.7 Å². The van der Waals surface area contributed by atoms with Crippen molar-refractivity contribution in [3.8, 4) is 0 Å². The third-order valence-electron chi connectivity index (χ3n) is 3.56. The molecular formula is C16H16FN3S. The topological polar surface area (TPSA) is 50.9 Å². The molecule has 3 N–H and O–H groups in total. The van der Waals surface area contributed by atoms with Crippen molar-refractivity contribution in [1.82, 2.24) is 10.4 Å². The molecule has 0 saturated heterocycles. The van der Waals surface area contributed by atoms with Gasteiger partial charge in [0, 0.05) is 17.2 Å². The second-order valence-electron chi connectivity index (χ2n) is 4.96. The summed E-state index contributed by atoms with van der Waals surface area (Å²) in [5, 5.41) is 4.56. The number of nitrogens with zero attached hydrogens (tertiary/aromatic N) is 1. The molecular weight excluding hydrogens is 285 g/mol. The molecule has 1 unspecified atom stereocenters. The van der Waals surface area contributed by atoms with E-state index in [1.807, 2.05) is 30.5 Å². The lowest BCUT2D eigenvalue weighted by Crippen LogP contribution is -2.29. The van der Waals surface area contributed by atoms with Gasteiger partial charge in [0.05, 0.1) is 16.7 Å². The first-order chi connectivity index (χ1) is 10.2. The minimum absolute atomic E-state index is 0.100. The molecule has 0 saturated carbocycles. The Balaban J connectivity index is 2.03. The Bertz CT molecular complexity index is 769. The lowest BCUT2D eigenvalue weighted by atomic mass is 9.96. The summed E-state index contributed by atoms with van der Waals surface area (Å²) in [6.45, 7) is 1.98. The fourth-order valence-electron chi connectivity index (χ4n) is 2.56. The molecule has 108 valence electrons. The van der Waals surface area contributed by atoms with E-state index in [9.17, 15) is 4.39 Å². The van der Waals surface area contributed by atoms with Gasteiger partial charge in [0.25, 0.3) is 0 Å². The van der Waals surface area contributed by atoms with Crippen LogP contribution in [0.4, 0.5) is 4.39 Å². The number of hydrogen-bond donors (Lipinski definition) is 2. The van der Waals surface area contributed by atoms with Gasteiger partial charge in [0.2, 0.25) is 0 Å². The van der Waals surface area contributed by atoms with Crippen molar-refractivity contribution in [2.24, 2.45) is 5.84 Å². The predicted octanol–water partition coefficient (Wildman–Crippen LogP) is 3.49. The summed E-state index contributed by atoms with van der Waals surface area (Å²) >= 11 is 1.62. The molecule has 0 radical (unpaired) electrons. The molecule has 0 bridgehead atoms. The number of nitrogens with two attached hydrogens (primary N) is 1. The molecule has 0 fully saturated rings. The van der Waals surface area contributed by atoms with E-state index in [2.05, 4.69) is 10.4 Å². The molecule has 5 heteroatoms. The highest BCUT2D eigenvalue weighted by molar-refractivity contribution is 7.09. The van der Waals surface area contributed by atoms with Crippen LogP contribution in [0.1, 0.15) is 22.3 Å². The summed E-state index contributed by atoms with van der Waals surface area (Å²) in [5.41, 5.74) is 4.81. The molecule has 0 aliphatic rings. The first-order valence-electron chi connectivity index (χ1n) is 6.73. The summed E-state index contributed by atoms with van der Waals surface area (Å²) in [5.74, 6) is 5.51. The van der Waals surface area contributed by atoms with E-state index in [0.29, 0.717) is 11.8 Å². The van der Waals surface area contributed by atoms with E-state index in [-0.39, 0.29) is 11.9 Å². The van der Waals surface area contributed by atoms with Crippen LogP contribution in [0.15, 0.2) is 41.8 Å². The minimum Gasteiger partial charge on any atom is -0.271 e. The number of aryl methyl sites for hydroxylation is 1. The van der Waals surface area contributed by atoms with Gasteiger partial charge in [-0.1, -0.05) is 30.3 Å². The maximum absolute atomic E-state index is 13.9. The van der Waals surface area contributed by atoms with Crippen molar-refractivity contribution in [2.45, 2.75) is 19.4 Å². The maximum atomic E-state index is 13.9. The lowest BCUT2D eigenvalue weighted by molar-refractivity contribution is 0.549. The molecule has 21 heavy (non-hydrogen) atoms. The summed E-state index contributed by atoms with van der Waals surface area (Å²) < 4.78 is 13.9. The number of halogens is 1. The Kier molecular flexibility index (Phi) is 3.96. The van der Waals surface area contributed by atoms with Gasteiger partial charge in [-0.3, -0.25) is 11.3 Å². The number of thiazole rings is 1. The third kappa shape index (κ3) is 2.81. The lowest BCUT2D eigenvalue weighted by Gasteiger charge is -2.18. The van der Waals surface area contributed by atoms with Crippen LogP contribution < -0.4 is 11.3 Å². The molecule has 1 heterocycles. The summed E-state index contributed by atoms with van der Waals surface area (Å²) in [7, 11) is 0. The van der Waals surface area contributed by atoms with Crippen LogP contribution in [-0.2, 0) is 6.42 Å². The van der Waals surface area contributed by atoms with Crippen molar-refractivity contribution in [3.05, 3.63) is 63.9 Å². The molecule has 0 aliphatic carbocycles. The van der Waals surface area contributed by atoms with Gasteiger partial charge in [-0.25, -0.2) is 9.37 Å². The average molecular weight is 301 g/mol. The van der Waals surface area contributed by atoms with Gasteiger partial charge in [0.1, 0.15) is 5.82 Å². The standard InChI is InChI=1S/C16H16FN3S/c1-10-19-11(9-21-10)8-16(20-18)14-6-7-15(17)13-5-3-2-4-12(13)14/h2-7,9,16,20H,8,18H2,1H3.